The highest BCUT2D eigenvalue weighted by atomic mass is 16.1. The van der Waals surface area contributed by atoms with E-state index in [0.717, 1.165) is 27.7 Å². The molecule has 1 aromatic heterocycles. The molecule has 0 radical (unpaired) electrons. The lowest BCUT2D eigenvalue weighted by Gasteiger charge is -2.11. The van der Waals surface area contributed by atoms with Crippen LogP contribution in [0.3, 0.4) is 0 Å². The van der Waals surface area contributed by atoms with E-state index in [-0.39, 0.29) is 11.7 Å². The predicted molar refractivity (Wildman–Crippen MR) is 87.4 cm³/mol. The van der Waals surface area contributed by atoms with Gasteiger partial charge in [0.1, 0.15) is 0 Å². The van der Waals surface area contributed by atoms with Crippen molar-refractivity contribution in [3.05, 3.63) is 72.8 Å². The van der Waals surface area contributed by atoms with Crippen molar-refractivity contribution in [3.8, 4) is 11.3 Å². The van der Waals surface area contributed by atoms with Gasteiger partial charge in [-0.1, -0.05) is 62.0 Å². The Morgan fingerprint density at radius 3 is 2.48 bits per heavy atom. The molecule has 3 rings (SSSR count). The van der Waals surface area contributed by atoms with Crippen LogP contribution in [0.4, 0.5) is 0 Å². The summed E-state index contributed by atoms with van der Waals surface area (Å²) < 4.78 is 0. The summed E-state index contributed by atoms with van der Waals surface area (Å²) in [5.41, 5.74) is 4.20. The number of para-hydroxylation sites is 1. The Kier molecular flexibility index (Phi) is 3.44. The van der Waals surface area contributed by atoms with Gasteiger partial charge in [-0.05, 0) is 23.3 Å². The lowest BCUT2D eigenvalue weighted by molar-refractivity contribution is -0.115. The Balaban J connectivity index is 2.29. The summed E-state index contributed by atoms with van der Waals surface area (Å²) >= 11 is 0. The van der Waals surface area contributed by atoms with Gasteiger partial charge in [0.05, 0.1) is 5.69 Å². The predicted octanol–water partition coefficient (Wildman–Crippen LogP) is 4.69. The van der Waals surface area contributed by atoms with E-state index < -0.39 is 0 Å². The van der Waals surface area contributed by atoms with Crippen LogP contribution in [0, 0.1) is 0 Å². The van der Waals surface area contributed by atoms with Crippen LogP contribution in [-0.2, 0) is 4.79 Å². The highest BCUT2D eigenvalue weighted by Gasteiger charge is 2.21. The van der Waals surface area contributed by atoms with Gasteiger partial charge in [-0.25, -0.2) is 0 Å². The fourth-order valence-electron chi connectivity index (χ4n) is 2.76. The summed E-state index contributed by atoms with van der Waals surface area (Å²) in [6.07, 6.45) is 1.40. The average Bonchev–Trinajstić information content (AvgIpc) is 2.93. The number of allylic oxidation sites excluding steroid dienone is 1. The molecule has 2 heteroatoms. The van der Waals surface area contributed by atoms with Crippen molar-refractivity contribution in [2.24, 2.45) is 0 Å². The normalized spacial score (nSPS) is 12.2. The maximum absolute atomic E-state index is 12.1. The smallest absolute Gasteiger partial charge is 0.162 e. The van der Waals surface area contributed by atoms with Gasteiger partial charge in [0.15, 0.2) is 5.78 Å². The van der Waals surface area contributed by atoms with Gasteiger partial charge in [-0.2, -0.15) is 0 Å². The number of H-pyrrole nitrogens is 1. The van der Waals surface area contributed by atoms with Crippen molar-refractivity contribution >= 4 is 16.7 Å². The number of hydrogen-bond acceptors (Lipinski definition) is 1. The Morgan fingerprint density at radius 2 is 1.76 bits per heavy atom. The largest absolute Gasteiger partial charge is 0.354 e. The molecule has 0 saturated heterocycles. The quantitative estimate of drug-likeness (QED) is 0.688. The van der Waals surface area contributed by atoms with Crippen molar-refractivity contribution in [1.82, 2.24) is 4.98 Å². The van der Waals surface area contributed by atoms with Gasteiger partial charge in [-0.15, -0.1) is 0 Å². The first kappa shape index (κ1) is 13.4. The minimum Gasteiger partial charge on any atom is -0.354 e. The van der Waals surface area contributed by atoms with E-state index in [1.165, 1.54) is 6.08 Å². The van der Waals surface area contributed by atoms with Crippen LogP contribution in [0.25, 0.3) is 22.2 Å². The summed E-state index contributed by atoms with van der Waals surface area (Å²) in [5, 5.41) is 1.10. The van der Waals surface area contributed by atoms with Crippen molar-refractivity contribution < 1.29 is 4.79 Å². The van der Waals surface area contributed by atoms with Crippen LogP contribution < -0.4 is 0 Å². The molecule has 2 aromatic carbocycles. The van der Waals surface area contributed by atoms with Crippen LogP contribution >= 0.6 is 0 Å². The zero-order valence-electron chi connectivity index (χ0n) is 12.0. The van der Waals surface area contributed by atoms with Crippen molar-refractivity contribution in [1.29, 1.82) is 0 Å². The SMILES string of the molecule is C=CC(=O)[C@@H](C)c1c(-c2ccccc2)[nH]c2ccccc12. The molecular formula is C19H17NO. The van der Waals surface area contributed by atoms with Crippen molar-refractivity contribution in [2.45, 2.75) is 12.8 Å². The number of aromatic amines is 1. The number of hydrogen-bond donors (Lipinski definition) is 1. The Hall–Kier alpha value is -2.61. The van der Waals surface area contributed by atoms with Crippen molar-refractivity contribution in [2.75, 3.05) is 0 Å². The minimum absolute atomic E-state index is 0.0388. The van der Waals surface area contributed by atoms with Gasteiger partial charge < -0.3 is 4.98 Å². The Morgan fingerprint density at radius 1 is 1.10 bits per heavy atom. The van der Waals surface area contributed by atoms with Gasteiger partial charge in [0.25, 0.3) is 0 Å². The molecule has 0 fully saturated rings. The van der Waals surface area contributed by atoms with E-state index >= 15 is 0 Å². The standard InChI is InChI=1S/C19H17NO/c1-3-17(21)13(2)18-15-11-7-8-12-16(15)20-19(18)14-9-5-4-6-10-14/h3-13,20H,1H2,2H3/t13-/m1/s1. The van der Waals surface area contributed by atoms with E-state index in [2.05, 4.69) is 29.8 Å². The molecule has 1 N–H and O–H groups in total. The van der Waals surface area contributed by atoms with E-state index in [1.807, 2.05) is 43.3 Å². The third kappa shape index (κ3) is 2.29. The number of rotatable bonds is 4. The molecule has 0 spiro atoms. The topological polar surface area (TPSA) is 32.9 Å². The fraction of sp³-hybridized carbons (Fsp3) is 0.105. The van der Waals surface area contributed by atoms with Gasteiger partial charge >= 0.3 is 0 Å². The summed E-state index contributed by atoms with van der Waals surface area (Å²) in [6, 6.07) is 18.2. The van der Waals surface area contributed by atoms with Crippen molar-refractivity contribution in [3.63, 3.8) is 0 Å². The summed E-state index contributed by atoms with van der Waals surface area (Å²) in [5.74, 6) is -0.175. The number of aromatic nitrogens is 1. The lowest BCUT2D eigenvalue weighted by atomic mass is 9.91. The van der Waals surface area contributed by atoms with E-state index in [9.17, 15) is 4.79 Å². The second kappa shape index (κ2) is 5.41. The number of ketones is 1. The van der Waals surface area contributed by atoms with Gasteiger partial charge in [0.2, 0.25) is 0 Å². The number of fused-ring (bicyclic) bond motifs is 1. The van der Waals surface area contributed by atoms with Crippen LogP contribution in [0.2, 0.25) is 0 Å². The fourth-order valence-corrected chi connectivity index (χ4v) is 2.76. The van der Waals surface area contributed by atoms with Crippen LogP contribution in [0.1, 0.15) is 18.4 Å². The molecule has 3 aromatic rings. The molecule has 0 amide bonds. The molecule has 0 aliphatic heterocycles. The molecule has 21 heavy (non-hydrogen) atoms. The van der Waals surface area contributed by atoms with Gasteiger partial charge in [-0.3, -0.25) is 4.79 Å². The Labute approximate surface area is 124 Å². The van der Waals surface area contributed by atoms with Crippen LogP contribution in [-0.4, -0.2) is 10.8 Å². The third-order valence-electron chi connectivity index (χ3n) is 3.87. The Bertz CT molecular complexity index is 799. The molecule has 2 nitrogen and oxygen atoms in total. The number of nitrogens with one attached hydrogen (secondary N) is 1. The minimum atomic E-state index is -0.214. The molecule has 1 heterocycles. The van der Waals surface area contributed by atoms with E-state index in [1.54, 1.807) is 0 Å². The summed E-state index contributed by atoms with van der Waals surface area (Å²) in [4.78, 5) is 15.6. The first-order chi connectivity index (χ1) is 10.2. The third-order valence-corrected chi connectivity index (χ3v) is 3.87. The molecule has 0 bridgehead atoms. The molecule has 0 aliphatic rings. The van der Waals surface area contributed by atoms with E-state index in [4.69, 9.17) is 0 Å². The molecule has 0 aliphatic carbocycles. The highest BCUT2D eigenvalue weighted by molar-refractivity contribution is 6.01. The first-order valence-electron chi connectivity index (χ1n) is 7.04. The monoisotopic (exact) mass is 275 g/mol. The summed E-state index contributed by atoms with van der Waals surface area (Å²) in [6.45, 7) is 5.55. The molecular weight excluding hydrogens is 258 g/mol. The van der Waals surface area contributed by atoms with Gasteiger partial charge in [0, 0.05) is 16.8 Å². The number of carbonyl (C=O) groups is 1. The molecule has 0 unspecified atom stereocenters. The maximum atomic E-state index is 12.1. The zero-order chi connectivity index (χ0) is 14.8. The second-order valence-electron chi connectivity index (χ2n) is 5.15. The molecule has 104 valence electrons. The number of benzene rings is 2. The highest BCUT2D eigenvalue weighted by Crippen LogP contribution is 2.35. The average molecular weight is 275 g/mol. The number of carbonyl (C=O) groups excluding carboxylic acids is 1. The lowest BCUT2D eigenvalue weighted by Crippen LogP contribution is -2.06. The molecule has 1 atom stereocenters. The first-order valence-corrected chi connectivity index (χ1v) is 7.04. The van der Waals surface area contributed by atoms with Crippen LogP contribution in [0.15, 0.2) is 67.3 Å². The second-order valence-corrected chi connectivity index (χ2v) is 5.15. The summed E-state index contributed by atoms with van der Waals surface area (Å²) in [7, 11) is 0. The molecule has 0 saturated carbocycles. The van der Waals surface area contributed by atoms with E-state index in [0.29, 0.717) is 0 Å². The maximum Gasteiger partial charge on any atom is 0.162 e. The zero-order valence-corrected chi connectivity index (χ0v) is 12.0. The van der Waals surface area contributed by atoms with Crippen LogP contribution in [0.5, 0.6) is 0 Å².